The summed E-state index contributed by atoms with van der Waals surface area (Å²) in [5, 5.41) is 12.4. The Kier molecular flexibility index (Phi) is 6.11. The second-order valence-electron chi connectivity index (χ2n) is 7.63. The van der Waals surface area contributed by atoms with Crippen molar-refractivity contribution in [2.75, 3.05) is 5.32 Å². The van der Waals surface area contributed by atoms with Gasteiger partial charge in [-0.2, -0.15) is 5.26 Å². The van der Waals surface area contributed by atoms with Crippen molar-refractivity contribution < 1.29 is 9.59 Å². The van der Waals surface area contributed by atoms with Crippen LogP contribution in [-0.2, 0) is 11.2 Å². The first-order valence-corrected chi connectivity index (χ1v) is 10.5. The van der Waals surface area contributed by atoms with Crippen molar-refractivity contribution in [3.63, 3.8) is 0 Å². The van der Waals surface area contributed by atoms with Gasteiger partial charge in [-0.1, -0.05) is 35.9 Å². The Bertz CT molecular complexity index is 1160. The number of Topliss-reactive ketones (excluding diaryl/α,β-unsaturated/α-hetero) is 1. The lowest BCUT2D eigenvalue weighted by atomic mass is 10.0. The molecule has 0 atom stereocenters. The molecule has 4 rings (SSSR count). The Morgan fingerprint density at radius 2 is 1.74 bits per heavy atom. The molecule has 1 saturated carbocycles. The molecule has 1 aliphatic carbocycles. The summed E-state index contributed by atoms with van der Waals surface area (Å²) in [6, 6.07) is 20.1. The van der Waals surface area contributed by atoms with Crippen molar-refractivity contribution in [3.05, 3.63) is 82.5 Å². The number of hydrogen-bond acceptors (Lipinski definition) is 4. The number of hydrogen-bond donors (Lipinski definition) is 1. The number of aromatic nitrogens is 1. The molecule has 0 radical (unpaired) electrons. The summed E-state index contributed by atoms with van der Waals surface area (Å²) in [5.74, 6) is 0.251. The number of nitrogens with zero attached hydrogens (tertiary/aromatic N) is 2. The van der Waals surface area contributed by atoms with Crippen molar-refractivity contribution in [2.45, 2.75) is 25.7 Å². The summed E-state index contributed by atoms with van der Waals surface area (Å²) in [7, 11) is 0. The second-order valence-corrected chi connectivity index (χ2v) is 8.07. The summed E-state index contributed by atoms with van der Waals surface area (Å²) in [5.41, 5.74) is 3.55. The van der Waals surface area contributed by atoms with Crippen LogP contribution < -0.4 is 5.32 Å². The highest BCUT2D eigenvalue weighted by Crippen LogP contribution is 2.31. The fourth-order valence-corrected chi connectivity index (χ4v) is 3.38. The number of pyridine rings is 1. The van der Waals surface area contributed by atoms with Gasteiger partial charge in [0.25, 0.3) is 0 Å². The number of carbonyl (C=O) groups excluding carboxylic acids is 2. The van der Waals surface area contributed by atoms with E-state index in [2.05, 4.69) is 16.4 Å². The van der Waals surface area contributed by atoms with Crippen LogP contribution in [-0.4, -0.2) is 16.7 Å². The molecule has 154 valence electrons. The van der Waals surface area contributed by atoms with Gasteiger partial charge in [0.05, 0.1) is 11.6 Å². The third-order valence-electron chi connectivity index (χ3n) is 5.21. The highest BCUT2D eigenvalue weighted by atomic mass is 35.5. The molecule has 1 N–H and O–H groups in total. The number of amides is 1. The monoisotopic (exact) mass is 429 g/mol. The van der Waals surface area contributed by atoms with Crippen LogP contribution in [0.4, 0.5) is 5.82 Å². The minimum atomic E-state index is -0.109. The van der Waals surface area contributed by atoms with E-state index in [4.69, 9.17) is 16.9 Å². The molecule has 6 heteroatoms. The Balaban J connectivity index is 1.57. The molecule has 5 nitrogen and oxygen atoms in total. The smallest absolute Gasteiger partial charge is 0.228 e. The van der Waals surface area contributed by atoms with E-state index in [1.54, 1.807) is 36.4 Å². The topological polar surface area (TPSA) is 82.9 Å². The molecule has 1 amide bonds. The zero-order chi connectivity index (χ0) is 21.8. The molecule has 3 aromatic rings. The van der Waals surface area contributed by atoms with Gasteiger partial charge in [-0.3, -0.25) is 9.59 Å². The van der Waals surface area contributed by atoms with Crippen molar-refractivity contribution in [1.29, 1.82) is 5.26 Å². The van der Waals surface area contributed by atoms with Crippen LogP contribution in [0.2, 0.25) is 5.02 Å². The van der Waals surface area contributed by atoms with E-state index in [1.807, 2.05) is 24.3 Å². The van der Waals surface area contributed by atoms with Crippen LogP contribution in [0.3, 0.4) is 0 Å². The van der Waals surface area contributed by atoms with E-state index >= 15 is 0 Å². The largest absolute Gasteiger partial charge is 0.310 e. The van der Waals surface area contributed by atoms with Gasteiger partial charge in [-0.15, -0.1) is 0 Å². The Labute approximate surface area is 185 Å². The van der Waals surface area contributed by atoms with Crippen LogP contribution in [0.15, 0.2) is 60.7 Å². The molecule has 0 aliphatic heterocycles. The van der Waals surface area contributed by atoms with Gasteiger partial charge in [-0.25, -0.2) is 4.98 Å². The summed E-state index contributed by atoms with van der Waals surface area (Å²) < 4.78 is 0. The number of carbonyl (C=O) groups is 2. The zero-order valence-electron chi connectivity index (χ0n) is 16.8. The minimum absolute atomic E-state index is 0.0384. The Hall–Kier alpha value is -3.49. The van der Waals surface area contributed by atoms with Gasteiger partial charge in [0.2, 0.25) is 5.91 Å². The minimum Gasteiger partial charge on any atom is -0.310 e. The average Bonchev–Trinajstić information content (AvgIpc) is 3.64. The SMILES string of the molecule is N#Cc1ccc(CCC(=O)c2cc(-c3ccc(Cl)cc3)cc(NC(=O)C3CC3)n2)cc1. The third kappa shape index (κ3) is 5.36. The number of anilines is 1. The maximum absolute atomic E-state index is 12.9. The van der Waals surface area contributed by atoms with Gasteiger partial charge >= 0.3 is 0 Å². The number of halogens is 1. The van der Waals surface area contributed by atoms with Crippen molar-refractivity contribution in [3.8, 4) is 17.2 Å². The van der Waals surface area contributed by atoms with Crippen molar-refractivity contribution >= 4 is 29.1 Å². The van der Waals surface area contributed by atoms with Crippen LogP contribution in [0.5, 0.6) is 0 Å². The van der Waals surface area contributed by atoms with Crippen LogP contribution in [0.25, 0.3) is 11.1 Å². The Morgan fingerprint density at radius 3 is 2.39 bits per heavy atom. The molecule has 1 heterocycles. The van der Waals surface area contributed by atoms with E-state index in [-0.39, 0.29) is 24.0 Å². The van der Waals surface area contributed by atoms with Gasteiger partial charge in [0.15, 0.2) is 5.78 Å². The predicted molar refractivity (Wildman–Crippen MR) is 120 cm³/mol. The fraction of sp³-hybridized carbons (Fsp3) is 0.200. The normalized spacial score (nSPS) is 12.8. The summed E-state index contributed by atoms with van der Waals surface area (Å²) in [6.45, 7) is 0. The zero-order valence-corrected chi connectivity index (χ0v) is 17.5. The number of rotatable bonds is 7. The lowest BCUT2D eigenvalue weighted by Gasteiger charge is -2.10. The molecule has 1 aliphatic rings. The molecular weight excluding hydrogens is 410 g/mol. The van der Waals surface area contributed by atoms with Gasteiger partial charge in [0.1, 0.15) is 11.5 Å². The predicted octanol–water partition coefficient (Wildman–Crippen LogP) is 5.44. The van der Waals surface area contributed by atoms with Crippen molar-refractivity contribution in [1.82, 2.24) is 4.98 Å². The lowest BCUT2D eigenvalue weighted by Crippen LogP contribution is -2.16. The molecule has 31 heavy (non-hydrogen) atoms. The number of aryl methyl sites for hydroxylation is 1. The van der Waals surface area contributed by atoms with Crippen molar-refractivity contribution in [2.24, 2.45) is 5.92 Å². The summed E-state index contributed by atoms with van der Waals surface area (Å²) >= 11 is 6.00. The standard InChI is InChI=1S/C25H20ClN3O2/c26-21-10-8-18(9-11-21)20-13-22(28-24(14-20)29-25(31)19-6-7-19)23(30)12-5-16-1-3-17(15-27)4-2-16/h1-4,8-11,13-14,19H,5-7,12H2,(H,28,29,31). The van der Waals surface area contributed by atoms with Gasteiger partial charge in [-0.05, 0) is 72.4 Å². The van der Waals surface area contributed by atoms with E-state index < -0.39 is 0 Å². The molecule has 0 saturated heterocycles. The molecular formula is C25H20ClN3O2. The molecule has 0 spiro atoms. The van der Waals surface area contributed by atoms with Crippen LogP contribution >= 0.6 is 11.6 Å². The number of ketones is 1. The maximum atomic E-state index is 12.9. The molecule has 0 bridgehead atoms. The fourth-order valence-electron chi connectivity index (χ4n) is 3.25. The van der Waals surface area contributed by atoms with E-state index in [0.29, 0.717) is 28.5 Å². The average molecular weight is 430 g/mol. The number of nitrogens with one attached hydrogen (secondary N) is 1. The van der Waals surface area contributed by atoms with Gasteiger partial charge < -0.3 is 5.32 Å². The molecule has 0 unspecified atom stereocenters. The Morgan fingerprint density at radius 1 is 1.03 bits per heavy atom. The molecule has 2 aromatic carbocycles. The van der Waals surface area contributed by atoms with E-state index in [1.165, 1.54) is 0 Å². The number of benzene rings is 2. The lowest BCUT2D eigenvalue weighted by molar-refractivity contribution is -0.117. The van der Waals surface area contributed by atoms with Gasteiger partial charge in [0, 0.05) is 17.4 Å². The first-order valence-electron chi connectivity index (χ1n) is 10.1. The highest BCUT2D eigenvalue weighted by molar-refractivity contribution is 6.30. The molecule has 1 fully saturated rings. The van der Waals surface area contributed by atoms with E-state index in [9.17, 15) is 9.59 Å². The molecule has 1 aromatic heterocycles. The van der Waals surface area contributed by atoms with Crippen LogP contribution in [0.1, 0.15) is 40.9 Å². The quantitative estimate of drug-likeness (QED) is 0.507. The first-order chi connectivity index (χ1) is 15.0. The summed E-state index contributed by atoms with van der Waals surface area (Å²) in [6.07, 6.45) is 2.60. The van der Waals surface area contributed by atoms with Crippen LogP contribution in [0, 0.1) is 17.2 Å². The van der Waals surface area contributed by atoms with E-state index in [0.717, 1.165) is 29.5 Å². The highest BCUT2D eigenvalue weighted by Gasteiger charge is 2.30. The number of nitriles is 1. The summed E-state index contributed by atoms with van der Waals surface area (Å²) in [4.78, 5) is 29.6. The maximum Gasteiger partial charge on any atom is 0.228 e. The third-order valence-corrected chi connectivity index (χ3v) is 5.46. The first kappa shape index (κ1) is 20.8. The second kappa shape index (κ2) is 9.11.